The summed E-state index contributed by atoms with van der Waals surface area (Å²) in [6.45, 7) is 0. The summed E-state index contributed by atoms with van der Waals surface area (Å²) in [5.41, 5.74) is 6.25. The maximum Gasteiger partial charge on any atom is 0.295 e. The molecule has 6 N–H and O–H groups in total. The molecule has 0 bridgehead atoms. The number of rotatable bonds is 10. The molecule has 0 spiro atoms. The summed E-state index contributed by atoms with van der Waals surface area (Å²) < 4.78 is 128. The van der Waals surface area contributed by atoms with E-state index in [-0.39, 0.29) is 38.4 Å². The summed E-state index contributed by atoms with van der Waals surface area (Å²) in [5.74, 6) is -0.463. The van der Waals surface area contributed by atoms with Crippen LogP contribution in [-0.2, 0) is 40.4 Å². The first-order chi connectivity index (χ1) is 20.7. The number of anilines is 2. The van der Waals surface area contributed by atoms with E-state index in [9.17, 15) is 52.6 Å². The second kappa shape index (κ2) is 12.2. The van der Waals surface area contributed by atoms with Gasteiger partial charge in [0.1, 0.15) is 25.9 Å². The van der Waals surface area contributed by atoms with Crippen molar-refractivity contribution < 1.29 is 47.3 Å². The van der Waals surface area contributed by atoms with E-state index >= 15 is 0 Å². The van der Waals surface area contributed by atoms with Crippen LogP contribution in [0.2, 0.25) is 0 Å². The molecule has 0 aliphatic carbocycles. The molecule has 238 valence electrons. The van der Waals surface area contributed by atoms with Crippen molar-refractivity contribution in [1.29, 1.82) is 5.26 Å². The molecule has 0 unspecified atom stereocenters. The summed E-state index contributed by atoms with van der Waals surface area (Å²) in [4.78, 5) is -3.27. The van der Waals surface area contributed by atoms with Crippen molar-refractivity contribution in [3.63, 3.8) is 0 Å². The van der Waals surface area contributed by atoms with Crippen LogP contribution in [0.1, 0.15) is 5.56 Å². The number of hydrogen-bond donors (Lipinski definition) is 5. The van der Waals surface area contributed by atoms with Gasteiger partial charge in [0.2, 0.25) is 10.0 Å². The summed E-state index contributed by atoms with van der Waals surface area (Å²) in [6.07, 6.45) is 0. The quantitative estimate of drug-likeness (QED) is 0.0870. The van der Waals surface area contributed by atoms with E-state index < -0.39 is 71.5 Å². The van der Waals surface area contributed by atoms with Gasteiger partial charge in [-0.05, 0) is 42.0 Å². The molecular weight excluding hydrogens is 718 g/mol. The SMILES string of the molecule is N#Cc1c(N)sc(/N=N/c2cc(S(=O)(=O)O)c3cc(S(=O)(=O)O)cc(S(=O)(=O)O)c3c2)c1-c1ccc(NS(=O)(=O)CCCl)cc1. The number of hydrogen-bond acceptors (Lipinski definition) is 13. The number of nitrogens with zero attached hydrogens (tertiary/aromatic N) is 3. The van der Waals surface area contributed by atoms with Crippen molar-refractivity contribution >= 4 is 95.5 Å². The topological polar surface area (TPSA) is 284 Å². The largest absolute Gasteiger partial charge is 0.389 e. The van der Waals surface area contributed by atoms with Gasteiger partial charge in [0.25, 0.3) is 30.4 Å². The fourth-order valence-corrected chi connectivity index (χ4v) is 8.33. The number of alkyl halides is 1. The molecule has 0 aliphatic rings. The molecule has 1 aromatic heterocycles. The van der Waals surface area contributed by atoms with Crippen LogP contribution in [0.5, 0.6) is 0 Å². The zero-order chi connectivity index (χ0) is 33.5. The van der Waals surface area contributed by atoms with Gasteiger partial charge in [0.05, 0.1) is 21.9 Å². The highest BCUT2D eigenvalue weighted by atomic mass is 35.5. The zero-order valence-corrected chi connectivity index (χ0v) is 26.8. The number of nitrogen functional groups attached to an aromatic ring is 1. The Morgan fingerprint density at radius 1 is 0.844 bits per heavy atom. The number of fused-ring (bicyclic) bond motifs is 1. The standard InChI is InChI=1S/C23H18ClN5O11S5/c24-5-6-42(30,31)29-13-3-1-12(2-4-13)21-18(11-25)22(26)41-23(21)28-27-14-7-16-17(19(8-14)44(35,36)37)9-15(43(32,33)34)10-20(16)45(38,39)40/h1-4,7-10,29H,5-6,26H2,(H,32,33,34)(H,35,36,37)(H,38,39,40)/b28-27+. The summed E-state index contributed by atoms with van der Waals surface area (Å²) >= 11 is 6.30. The lowest BCUT2D eigenvalue weighted by molar-refractivity contribution is 0.478. The summed E-state index contributed by atoms with van der Waals surface area (Å²) in [6, 6.07) is 10.2. The minimum Gasteiger partial charge on any atom is -0.389 e. The van der Waals surface area contributed by atoms with Crippen LogP contribution in [0.25, 0.3) is 21.9 Å². The maximum atomic E-state index is 12.2. The van der Waals surface area contributed by atoms with Gasteiger partial charge >= 0.3 is 0 Å². The molecule has 0 aliphatic heterocycles. The number of nitrogens with two attached hydrogens (primary N) is 1. The molecule has 0 amide bonds. The molecule has 0 saturated heterocycles. The van der Waals surface area contributed by atoms with Gasteiger partial charge in [0, 0.05) is 27.9 Å². The Bertz CT molecular complexity index is 2370. The molecule has 0 radical (unpaired) electrons. The predicted octanol–water partition coefficient (Wildman–Crippen LogP) is 4.16. The fraction of sp³-hybridized carbons (Fsp3) is 0.0870. The number of thiophene rings is 1. The highest BCUT2D eigenvalue weighted by Crippen LogP contribution is 2.45. The van der Waals surface area contributed by atoms with Crippen molar-refractivity contribution in [3.05, 3.63) is 54.1 Å². The number of nitriles is 1. The average Bonchev–Trinajstić information content (AvgIpc) is 3.24. The third-order valence-electron chi connectivity index (χ3n) is 5.88. The number of benzene rings is 3. The zero-order valence-electron chi connectivity index (χ0n) is 22.0. The van der Waals surface area contributed by atoms with Crippen molar-refractivity contribution in [2.45, 2.75) is 14.7 Å². The Labute approximate surface area is 265 Å². The molecule has 0 atom stereocenters. The first-order valence-corrected chi connectivity index (χ1v) is 19.0. The molecule has 4 rings (SSSR count). The Morgan fingerprint density at radius 3 is 1.96 bits per heavy atom. The van der Waals surface area contributed by atoms with Crippen LogP contribution < -0.4 is 10.5 Å². The smallest absolute Gasteiger partial charge is 0.295 e. The van der Waals surface area contributed by atoms with E-state index in [0.29, 0.717) is 23.8 Å². The number of sulfonamides is 1. The van der Waals surface area contributed by atoms with Gasteiger partial charge < -0.3 is 5.73 Å². The monoisotopic (exact) mass is 735 g/mol. The minimum atomic E-state index is -5.25. The Hall–Kier alpha value is -3.72. The summed E-state index contributed by atoms with van der Waals surface area (Å²) in [7, 11) is -19.3. The van der Waals surface area contributed by atoms with Gasteiger partial charge in [-0.2, -0.15) is 30.5 Å². The predicted molar refractivity (Wildman–Crippen MR) is 165 cm³/mol. The number of azo groups is 1. The lowest BCUT2D eigenvalue weighted by atomic mass is 10.0. The van der Waals surface area contributed by atoms with E-state index in [4.69, 9.17) is 17.3 Å². The highest BCUT2D eigenvalue weighted by molar-refractivity contribution is 7.92. The molecule has 4 aromatic rings. The fourth-order valence-electron chi connectivity index (χ4n) is 4.02. The Morgan fingerprint density at radius 2 is 1.42 bits per heavy atom. The van der Waals surface area contributed by atoms with Gasteiger partial charge in [-0.25, -0.2) is 8.42 Å². The molecule has 0 saturated carbocycles. The van der Waals surface area contributed by atoms with Crippen LogP contribution in [0.4, 0.5) is 21.4 Å². The van der Waals surface area contributed by atoms with E-state index in [1.807, 2.05) is 6.07 Å². The lowest BCUT2D eigenvalue weighted by Crippen LogP contribution is -2.17. The summed E-state index contributed by atoms with van der Waals surface area (Å²) in [5, 5.41) is 16.4. The molecule has 0 fully saturated rings. The molecule has 3 aromatic carbocycles. The minimum absolute atomic E-state index is 0.00440. The van der Waals surface area contributed by atoms with Crippen molar-refractivity contribution in [2.24, 2.45) is 10.2 Å². The van der Waals surface area contributed by atoms with Crippen LogP contribution in [0, 0.1) is 11.3 Å². The van der Waals surface area contributed by atoms with Crippen molar-refractivity contribution in [1.82, 2.24) is 0 Å². The van der Waals surface area contributed by atoms with Crippen LogP contribution in [0.15, 0.2) is 73.4 Å². The molecule has 16 nitrogen and oxygen atoms in total. The number of halogens is 1. The van der Waals surface area contributed by atoms with Gasteiger partial charge in [0.15, 0.2) is 0 Å². The van der Waals surface area contributed by atoms with E-state index in [1.165, 1.54) is 24.3 Å². The molecule has 1 heterocycles. The first-order valence-electron chi connectivity index (χ1n) is 11.7. The van der Waals surface area contributed by atoms with E-state index in [1.54, 1.807) is 0 Å². The second-order valence-corrected chi connectivity index (χ2v) is 16.4. The van der Waals surface area contributed by atoms with E-state index in [0.717, 1.165) is 17.4 Å². The molecule has 45 heavy (non-hydrogen) atoms. The van der Waals surface area contributed by atoms with Crippen molar-refractivity contribution in [3.8, 4) is 17.2 Å². The first kappa shape index (κ1) is 34.2. The second-order valence-electron chi connectivity index (χ2n) is 8.91. The maximum absolute atomic E-state index is 12.2. The molecule has 22 heteroatoms. The Kier molecular flexibility index (Phi) is 9.29. The van der Waals surface area contributed by atoms with E-state index in [2.05, 4.69) is 15.0 Å². The van der Waals surface area contributed by atoms with Crippen molar-refractivity contribution in [2.75, 3.05) is 22.1 Å². The van der Waals surface area contributed by atoms with Gasteiger partial charge in [-0.15, -0.1) is 21.8 Å². The average molecular weight is 736 g/mol. The lowest BCUT2D eigenvalue weighted by Gasteiger charge is -2.11. The van der Waals surface area contributed by atoms with Crippen LogP contribution in [-0.4, -0.2) is 59.0 Å². The van der Waals surface area contributed by atoms with Crippen LogP contribution in [0.3, 0.4) is 0 Å². The van der Waals surface area contributed by atoms with Gasteiger partial charge in [-0.1, -0.05) is 23.5 Å². The van der Waals surface area contributed by atoms with Gasteiger partial charge in [-0.3, -0.25) is 18.4 Å². The Balaban J connectivity index is 1.90. The normalized spacial score (nSPS) is 12.9. The third kappa shape index (κ3) is 7.57. The number of nitrogens with one attached hydrogen (secondary N) is 1. The van der Waals surface area contributed by atoms with Crippen LogP contribution >= 0.6 is 22.9 Å². The third-order valence-corrected chi connectivity index (χ3v) is 11.1. The highest BCUT2D eigenvalue weighted by Gasteiger charge is 2.26. The molecular formula is C23H18ClN5O11S5.